The third kappa shape index (κ3) is 2.93. The Morgan fingerprint density at radius 3 is 3.00 bits per heavy atom. The van der Waals surface area contributed by atoms with E-state index in [1.807, 2.05) is 30.5 Å². The Labute approximate surface area is 120 Å². The number of nitrogens with zero attached hydrogens (tertiary/aromatic N) is 4. The van der Waals surface area contributed by atoms with Gasteiger partial charge in [-0.2, -0.15) is 5.10 Å². The van der Waals surface area contributed by atoms with Crippen LogP contribution in [0.15, 0.2) is 24.9 Å². The van der Waals surface area contributed by atoms with Crippen LogP contribution in [0.2, 0.25) is 0 Å². The maximum absolute atomic E-state index is 4.34. The van der Waals surface area contributed by atoms with E-state index < -0.39 is 0 Å². The summed E-state index contributed by atoms with van der Waals surface area (Å²) in [6.45, 7) is 3.23. The Morgan fingerprint density at radius 2 is 2.25 bits per heavy atom. The number of aromatic nitrogens is 4. The highest BCUT2D eigenvalue weighted by atomic mass is 15.2. The molecule has 1 fully saturated rings. The summed E-state index contributed by atoms with van der Waals surface area (Å²) in [5.74, 6) is 0. The number of hydrogen-bond donors (Lipinski definition) is 1. The van der Waals surface area contributed by atoms with Gasteiger partial charge in [0.2, 0.25) is 0 Å². The van der Waals surface area contributed by atoms with Crippen LogP contribution in [0.3, 0.4) is 0 Å². The lowest BCUT2D eigenvalue weighted by Gasteiger charge is -2.29. The van der Waals surface area contributed by atoms with Gasteiger partial charge in [-0.3, -0.25) is 4.68 Å². The van der Waals surface area contributed by atoms with Crippen molar-refractivity contribution in [3.05, 3.63) is 36.2 Å². The second kappa shape index (κ2) is 5.79. The lowest BCUT2D eigenvalue weighted by Crippen LogP contribution is -2.35. The van der Waals surface area contributed by atoms with Crippen molar-refractivity contribution in [1.82, 2.24) is 24.6 Å². The number of piperidine rings is 1. The van der Waals surface area contributed by atoms with E-state index in [9.17, 15) is 0 Å². The van der Waals surface area contributed by atoms with Gasteiger partial charge in [-0.25, -0.2) is 4.98 Å². The molecule has 2 atom stereocenters. The average Bonchev–Trinajstić information content (AvgIpc) is 3.05. The van der Waals surface area contributed by atoms with Crippen molar-refractivity contribution in [1.29, 1.82) is 0 Å². The summed E-state index contributed by atoms with van der Waals surface area (Å²) < 4.78 is 4.14. The molecule has 0 saturated carbocycles. The first-order chi connectivity index (χ1) is 9.72. The molecule has 5 nitrogen and oxygen atoms in total. The number of imidazole rings is 1. The number of nitrogens with one attached hydrogen (secondary N) is 1. The van der Waals surface area contributed by atoms with Crippen LogP contribution in [-0.4, -0.2) is 25.4 Å². The SMILES string of the molecule is CC1CCCC(c2cncn2CCc2cnn(C)c2)N1. The van der Waals surface area contributed by atoms with Crippen LogP contribution in [-0.2, 0) is 20.0 Å². The Morgan fingerprint density at radius 1 is 1.35 bits per heavy atom. The van der Waals surface area contributed by atoms with E-state index in [0.29, 0.717) is 12.1 Å². The van der Waals surface area contributed by atoms with Crippen LogP contribution in [0.1, 0.15) is 43.5 Å². The van der Waals surface area contributed by atoms with Gasteiger partial charge in [0.25, 0.3) is 0 Å². The first-order valence-electron chi connectivity index (χ1n) is 7.46. The van der Waals surface area contributed by atoms with Crippen molar-refractivity contribution in [2.24, 2.45) is 7.05 Å². The zero-order valence-electron chi connectivity index (χ0n) is 12.3. The van der Waals surface area contributed by atoms with Crippen LogP contribution in [0, 0.1) is 0 Å². The molecule has 0 amide bonds. The summed E-state index contributed by atoms with van der Waals surface area (Å²) in [6.07, 6.45) is 12.8. The van der Waals surface area contributed by atoms with Crippen molar-refractivity contribution in [3.63, 3.8) is 0 Å². The minimum absolute atomic E-state index is 0.454. The molecule has 0 aromatic carbocycles. The van der Waals surface area contributed by atoms with Crippen molar-refractivity contribution >= 4 is 0 Å². The van der Waals surface area contributed by atoms with Gasteiger partial charge >= 0.3 is 0 Å². The van der Waals surface area contributed by atoms with E-state index in [0.717, 1.165) is 13.0 Å². The van der Waals surface area contributed by atoms with Crippen molar-refractivity contribution in [2.75, 3.05) is 0 Å². The molecule has 20 heavy (non-hydrogen) atoms. The van der Waals surface area contributed by atoms with Crippen molar-refractivity contribution in [3.8, 4) is 0 Å². The molecule has 0 radical (unpaired) electrons. The maximum atomic E-state index is 4.34. The lowest BCUT2D eigenvalue weighted by molar-refractivity contribution is 0.329. The molecule has 2 unspecified atom stereocenters. The number of aryl methyl sites for hydroxylation is 3. The third-order valence-electron chi connectivity index (χ3n) is 4.12. The Kier molecular flexibility index (Phi) is 3.87. The molecule has 2 aromatic rings. The smallest absolute Gasteiger partial charge is 0.0948 e. The van der Waals surface area contributed by atoms with Gasteiger partial charge in [0.1, 0.15) is 0 Å². The molecule has 2 aromatic heterocycles. The molecule has 5 heteroatoms. The second-order valence-electron chi connectivity index (χ2n) is 5.84. The average molecular weight is 273 g/mol. The highest BCUT2D eigenvalue weighted by Crippen LogP contribution is 2.25. The minimum atomic E-state index is 0.454. The van der Waals surface area contributed by atoms with Crippen LogP contribution >= 0.6 is 0 Å². The fourth-order valence-electron chi connectivity index (χ4n) is 3.03. The number of rotatable bonds is 4. The summed E-state index contributed by atoms with van der Waals surface area (Å²) in [5, 5.41) is 7.90. The Balaban J connectivity index is 1.67. The Hall–Kier alpha value is -1.62. The molecule has 1 saturated heterocycles. The van der Waals surface area contributed by atoms with Gasteiger partial charge in [-0.1, -0.05) is 0 Å². The molecular weight excluding hydrogens is 250 g/mol. The van der Waals surface area contributed by atoms with Gasteiger partial charge < -0.3 is 9.88 Å². The molecular formula is C15H23N5. The summed E-state index contributed by atoms with van der Waals surface area (Å²) in [5.41, 5.74) is 2.59. The van der Waals surface area contributed by atoms with E-state index >= 15 is 0 Å². The van der Waals surface area contributed by atoms with E-state index in [1.54, 1.807) is 0 Å². The Bertz CT molecular complexity index is 556. The standard InChI is InChI=1S/C15H23N5/c1-12-4-3-5-14(18-12)15-9-16-11-20(15)7-6-13-8-17-19(2)10-13/h8-12,14,18H,3-7H2,1-2H3. The summed E-state index contributed by atoms with van der Waals surface area (Å²) in [4.78, 5) is 4.34. The van der Waals surface area contributed by atoms with E-state index in [-0.39, 0.29) is 0 Å². The molecule has 1 N–H and O–H groups in total. The lowest BCUT2D eigenvalue weighted by atomic mass is 9.97. The van der Waals surface area contributed by atoms with Gasteiger partial charge in [0.05, 0.1) is 18.2 Å². The van der Waals surface area contributed by atoms with Crippen LogP contribution in [0.25, 0.3) is 0 Å². The van der Waals surface area contributed by atoms with E-state index in [2.05, 4.69) is 33.1 Å². The fourth-order valence-corrected chi connectivity index (χ4v) is 3.03. The predicted molar refractivity (Wildman–Crippen MR) is 78.3 cm³/mol. The van der Waals surface area contributed by atoms with Crippen molar-refractivity contribution in [2.45, 2.75) is 51.2 Å². The molecule has 0 spiro atoms. The van der Waals surface area contributed by atoms with Gasteiger partial charge in [0.15, 0.2) is 0 Å². The van der Waals surface area contributed by atoms with Gasteiger partial charge in [-0.05, 0) is 38.2 Å². The highest BCUT2D eigenvalue weighted by Gasteiger charge is 2.21. The first kappa shape index (κ1) is 13.4. The van der Waals surface area contributed by atoms with Crippen LogP contribution in [0.4, 0.5) is 0 Å². The van der Waals surface area contributed by atoms with E-state index in [4.69, 9.17) is 0 Å². The quantitative estimate of drug-likeness (QED) is 0.927. The summed E-state index contributed by atoms with van der Waals surface area (Å²) in [7, 11) is 1.96. The molecule has 3 heterocycles. The fraction of sp³-hybridized carbons (Fsp3) is 0.600. The first-order valence-corrected chi connectivity index (χ1v) is 7.46. The maximum Gasteiger partial charge on any atom is 0.0948 e. The molecule has 108 valence electrons. The number of hydrogen-bond acceptors (Lipinski definition) is 3. The van der Waals surface area contributed by atoms with Gasteiger partial charge in [0, 0.05) is 38.1 Å². The third-order valence-corrected chi connectivity index (χ3v) is 4.12. The minimum Gasteiger partial charge on any atom is -0.333 e. The monoisotopic (exact) mass is 273 g/mol. The normalized spacial score (nSPS) is 23.1. The molecule has 1 aliphatic rings. The molecule has 3 rings (SSSR count). The molecule has 1 aliphatic heterocycles. The molecule has 0 bridgehead atoms. The topological polar surface area (TPSA) is 47.7 Å². The van der Waals surface area contributed by atoms with Crippen molar-refractivity contribution < 1.29 is 0 Å². The summed E-state index contributed by atoms with van der Waals surface area (Å²) in [6, 6.07) is 1.06. The summed E-state index contributed by atoms with van der Waals surface area (Å²) >= 11 is 0. The zero-order valence-corrected chi connectivity index (χ0v) is 12.3. The predicted octanol–water partition coefficient (Wildman–Crippen LogP) is 2.06. The van der Waals surface area contributed by atoms with Crippen LogP contribution in [0.5, 0.6) is 0 Å². The second-order valence-corrected chi connectivity index (χ2v) is 5.84. The highest BCUT2D eigenvalue weighted by molar-refractivity contribution is 5.09. The van der Waals surface area contributed by atoms with Gasteiger partial charge in [-0.15, -0.1) is 0 Å². The zero-order chi connectivity index (χ0) is 13.9. The van der Waals surface area contributed by atoms with E-state index in [1.165, 1.54) is 30.5 Å². The molecule has 0 aliphatic carbocycles. The van der Waals surface area contributed by atoms with Crippen LogP contribution < -0.4 is 5.32 Å². The largest absolute Gasteiger partial charge is 0.333 e.